The molecule has 7 nitrogen and oxygen atoms in total. The van der Waals surface area contributed by atoms with E-state index in [2.05, 4.69) is 21.2 Å². The number of carbonyl (C=O) groups is 2. The predicted molar refractivity (Wildman–Crippen MR) is 174 cm³/mol. The van der Waals surface area contributed by atoms with Crippen molar-refractivity contribution in [3.63, 3.8) is 0 Å². The van der Waals surface area contributed by atoms with Crippen molar-refractivity contribution in [2.45, 2.75) is 43.8 Å². The van der Waals surface area contributed by atoms with Gasteiger partial charge >= 0.3 is 0 Å². The molecule has 0 aliphatic carbocycles. The lowest BCUT2D eigenvalue weighted by atomic mass is 10.0. The van der Waals surface area contributed by atoms with Gasteiger partial charge in [0, 0.05) is 28.5 Å². The molecule has 4 aromatic rings. The molecule has 0 fully saturated rings. The summed E-state index contributed by atoms with van der Waals surface area (Å²) in [4.78, 5) is 29.6. The van der Waals surface area contributed by atoms with Crippen molar-refractivity contribution in [3.05, 3.63) is 130 Å². The molecule has 1 unspecified atom stereocenters. The number of rotatable bonds is 12. The van der Waals surface area contributed by atoms with Gasteiger partial charge in [0.1, 0.15) is 12.6 Å². The van der Waals surface area contributed by atoms with Crippen LogP contribution in [0.25, 0.3) is 0 Å². The minimum Gasteiger partial charge on any atom is -0.352 e. The lowest BCUT2D eigenvalue weighted by Crippen LogP contribution is -2.54. The van der Waals surface area contributed by atoms with Gasteiger partial charge in [0.25, 0.3) is 10.0 Å². The Hall–Kier alpha value is -3.66. The number of hydrogen-bond donors (Lipinski definition) is 1. The minimum absolute atomic E-state index is 0.00108. The molecule has 4 rings (SSSR count). The second-order valence-corrected chi connectivity index (χ2v) is 13.5. The molecule has 10 heteroatoms. The predicted octanol–water partition coefficient (Wildman–Crippen LogP) is 6.46. The number of amides is 2. The third-order valence-corrected chi connectivity index (χ3v) is 9.41. The van der Waals surface area contributed by atoms with Crippen LogP contribution in [0.2, 0.25) is 5.02 Å². The average Bonchev–Trinajstić information content (AvgIpc) is 2.99. The maximum Gasteiger partial charge on any atom is 0.264 e. The molecule has 224 valence electrons. The van der Waals surface area contributed by atoms with E-state index in [9.17, 15) is 18.0 Å². The van der Waals surface area contributed by atoms with Gasteiger partial charge in [0.05, 0.1) is 10.6 Å². The highest BCUT2D eigenvalue weighted by Crippen LogP contribution is 2.27. The average molecular weight is 683 g/mol. The highest BCUT2D eigenvalue weighted by molar-refractivity contribution is 9.10. The van der Waals surface area contributed by atoms with Crippen molar-refractivity contribution >= 4 is 55.1 Å². The highest BCUT2D eigenvalue weighted by atomic mass is 79.9. The molecule has 1 N–H and O–H groups in total. The first kappa shape index (κ1) is 32.3. The number of nitrogens with one attached hydrogen (secondary N) is 1. The molecule has 0 saturated carbocycles. The van der Waals surface area contributed by atoms with E-state index in [1.165, 1.54) is 17.0 Å². The molecular weight excluding hydrogens is 650 g/mol. The van der Waals surface area contributed by atoms with Crippen LogP contribution in [0.4, 0.5) is 5.69 Å². The summed E-state index contributed by atoms with van der Waals surface area (Å²) in [5.41, 5.74) is 1.79. The molecule has 0 bridgehead atoms. The van der Waals surface area contributed by atoms with Crippen molar-refractivity contribution in [3.8, 4) is 0 Å². The number of halogens is 2. The third kappa shape index (κ3) is 8.46. The van der Waals surface area contributed by atoms with E-state index < -0.39 is 28.5 Å². The first-order valence-electron chi connectivity index (χ1n) is 13.8. The van der Waals surface area contributed by atoms with E-state index in [0.29, 0.717) is 16.3 Å². The van der Waals surface area contributed by atoms with Gasteiger partial charge in [-0.1, -0.05) is 94.3 Å². The van der Waals surface area contributed by atoms with Crippen molar-refractivity contribution in [2.24, 2.45) is 0 Å². The van der Waals surface area contributed by atoms with Crippen LogP contribution < -0.4 is 9.62 Å². The molecule has 1 atom stereocenters. The molecule has 0 aromatic heterocycles. The van der Waals surface area contributed by atoms with Crippen LogP contribution in [0.5, 0.6) is 0 Å². The maximum absolute atomic E-state index is 14.4. The number of benzene rings is 4. The maximum atomic E-state index is 14.4. The first-order valence-corrected chi connectivity index (χ1v) is 16.4. The Kier molecular flexibility index (Phi) is 11.0. The Bertz CT molecular complexity index is 1640. The van der Waals surface area contributed by atoms with E-state index in [1.807, 2.05) is 44.2 Å². The second-order valence-electron chi connectivity index (χ2n) is 10.3. The quantitative estimate of drug-likeness (QED) is 0.186. The summed E-state index contributed by atoms with van der Waals surface area (Å²) >= 11 is 9.92. The van der Waals surface area contributed by atoms with Gasteiger partial charge in [-0.3, -0.25) is 13.9 Å². The van der Waals surface area contributed by atoms with Crippen molar-refractivity contribution in [1.82, 2.24) is 10.2 Å². The highest BCUT2D eigenvalue weighted by Gasteiger charge is 2.35. The Morgan fingerprint density at radius 2 is 1.42 bits per heavy atom. The molecule has 0 aliphatic heterocycles. The summed E-state index contributed by atoms with van der Waals surface area (Å²) in [6, 6.07) is 30.0. The van der Waals surface area contributed by atoms with Crippen LogP contribution in [0.15, 0.2) is 119 Å². The lowest BCUT2D eigenvalue weighted by molar-refractivity contribution is -0.140. The van der Waals surface area contributed by atoms with Gasteiger partial charge in [-0.15, -0.1) is 0 Å². The molecule has 0 saturated heterocycles. The van der Waals surface area contributed by atoms with Crippen LogP contribution in [0, 0.1) is 0 Å². The Labute approximate surface area is 266 Å². The van der Waals surface area contributed by atoms with Crippen LogP contribution in [0.1, 0.15) is 25.0 Å². The number of carbonyl (C=O) groups excluding carboxylic acids is 2. The van der Waals surface area contributed by atoms with Crippen LogP contribution in [0.3, 0.4) is 0 Å². The zero-order valence-corrected chi connectivity index (χ0v) is 27.0. The van der Waals surface area contributed by atoms with E-state index in [4.69, 9.17) is 11.6 Å². The Morgan fingerprint density at radius 3 is 2.02 bits per heavy atom. The van der Waals surface area contributed by atoms with Crippen LogP contribution in [-0.4, -0.2) is 43.8 Å². The molecule has 2 amide bonds. The third-order valence-electron chi connectivity index (χ3n) is 6.73. The minimum atomic E-state index is -4.16. The SMILES string of the molecule is CC(C)NC(=O)C(Cc1ccccc1)N(Cc1ccccc1Cl)C(=O)CN(c1ccc(Br)cc1)S(=O)(=O)c1ccccc1. The number of anilines is 1. The summed E-state index contributed by atoms with van der Waals surface area (Å²) in [5, 5.41) is 3.38. The molecule has 0 heterocycles. The van der Waals surface area contributed by atoms with Gasteiger partial charge in [0.2, 0.25) is 11.8 Å². The van der Waals surface area contributed by atoms with Crippen molar-refractivity contribution in [1.29, 1.82) is 0 Å². The summed E-state index contributed by atoms with van der Waals surface area (Å²) < 4.78 is 29.8. The smallest absolute Gasteiger partial charge is 0.264 e. The normalized spacial score (nSPS) is 12.0. The second kappa shape index (κ2) is 14.7. The van der Waals surface area contributed by atoms with E-state index in [-0.39, 0.29) is 29.8 Å². The van der Waals surface area contributed by atoms with E-state index in [1.54, 1.807) is 66.7 Å². The molecule has 0 spiro atoms. The molecule has 4 aromatic carbocycles. The fourth-order valence-electron chi connectivity index (χ4n) is 4.60. The van der Waals surface area contributed by atoms with Gasteiger partial charge in [-0.25, -0.2) is 8.42 Å². The summed E-state index contributed by atoms with van der Waals surface area (Å²) in [6.07, 6.45) is 0.222. The van der Waals surface area contributed by atoms with E-state index >= 15 is 0 Å². The number of sulfonamides is 1. The zero-order valence-electron chi connectivity index (χ0n) is 23.9. The van der Waals surface area contributed by atoms with Crippen LogP contribution in [-0.2, 0) is 32.6 Å². The summed E-state index contributed by atoms with van der Waals surface area (Å²) in [7, 11) is -4.16. The first-order chi connectivity index (χ1) is 20.6. The zero-order chi connectivity index (χ0) is 31.0. The largest absolute Gasteiger partial charge is 0.352 e. The van der Waals surface area contributed by atoms with Crippen LogP contribution >= 0.6 is 27.5 Å². The standard InChI is InChI=1S/C33H33BrClN3O4S/c1-24(2)36-33(40)31(21-25-11-5-3-6-12-25)37(22-26-13-9-10-16-30(26)35)32(39)23-38(28-19-17-27(34)18-20-28)43(41,42)29-14-7-4-8-15-29/h3-20,24,31H,21-23H2,1-2H3,(H,36,40). The molecule has 0 aliphatic rings. The fourth-order valence-corrected chi connectivity index (χ4v) is 6.50. The Morgan fingerprint density at radius 1 is 0.837 bits per heavy atom. The topological polar surface area (TPSA) is 86.8 Å². The molecule has 43 heavy (non-hydrogen) atoms. The number of hydrogen-bond acceptors (Lipinski definition) is 4. The van der Waals surface area contributed by atoms with Gasteiger partial charge in [-0.2, -0.15) is 0 Å². The van der Waals surface area contributed by atoms with E-state index in [0.717, 1.165) is 14.3 Å². The number of nitrogens with zero attached hydrogens (tertiary/aromatic N) is 2. The van der Waals surface area contributed by atoms with Gasteiger partial charge in [-0.05, 0) is 67.4 Å². The van der Waals surface area contributed by atoms with Crippen molar-refractivity contribution < 1.29 is 18.0 Å². The summed E-state index contributed by atoms with van der Waals surface area (Å²) in [5.74, 6) is -0.900. The van der Waals surface area contributed by atoms with Crippen molar-refractivity contribution in [2.75, 3.05) is 10.8 Å². The summed E-state index contributed by atoms with van der Waals surface area (Å²) in [6.45, 7) is 3.16. The van der Waals surface area contributed by atoms with Gasteiger partial charge < -0.3 is 10.2 Å². The molecular formula is C33H33BrClN3O4S. The lowest BCUT2D eigenvalue weighted by Gasteiger charge is -2.34. The molecule has 0 radical (unpaired) electrons. The Balaban J connectivity index is 1.80. The fraction of sp³-hybridized carbons (Fsp3) is 0.212. The monoisotopic (exact) mass is 681 g/mol. The van der Waals surface area contributed by atoms with Gasteiger partial charge in [0.15, 0.2) is 0 Å².